The van der Waals surface area contributed by atoms with Crippen LogP contribution in [-0.4, -0.2) is 49.0 Å². The van der Waals surface area contributed by atoms with Crippen molar-refractivity contribution < 1.29 is 23.1 Å². The van der Waals surface area contributed by atoms with Gasteiger partial charge < -0.3 is 9.84 Å². The van der Waals surface area contributed by atoms with Crippen LogP contribution in [0.5, 0.6) is 0 Å². The highest BCUT2D eigenvalue weighted by Crippen LogP contribution is 2.19. The first-order chi connectivity index (χ1) is 8.29. The molecule has 0 bridgehead atoms. The van der Waals surface area contributed by atoms with Gasteiger partial charge in [0.1, 0.15) is 6.04 Å². The molecule has 1 atom stereocenters. The molecule has 8 nitrogen and oxygen atoms in total. The maximum absolute atomic E-state index is 11.9. The third-order valence-corrected chi connectivity index (χ3v) is 4.00. The molecule has 0 saturated carbocycles. The summed E-state index contributed by atoms with van der Waals surface area (Å²) in [4.78, 5) is 10.8. The van der Waals surface area contributed by atoms with Crippen LogP contribution in [0.1, 0.15) is 0 Å². The minimum atomic E-state index is -4.09. The van der Waals surface area contributed by atoms with Crippen molar-refractivity contribution in [1.82, 2.24) is 14.5 Å². The van der Waals surface area contributed by atoms with Gasteiger partial charge in [0.2, 0.25) is 0 Å². The van der Waals surface area contributed by atoms with Crippen LogP contribution in [0, 0.1) is 0 Å². The van der Waals surface area contributed by atoms with Gasteiger partial charge in [0, 0.05) is 14.2 Å². The molecular weight excluding hydrogens is 286 g/mol. The van der Waals surface area contributed by atoms with Gasteiger partial charge in [0.05, 0.1) is 17.8 Å². The zero-order chi connectivity index (χ0) is 13.9. The highest BCUT2D eigenvalue weighted by atomic mass is 35.5. The zero-order valence-electron chi connectivity index (χ0n) is 9.62. The van der Waals surface area contributed by atoms with E-state index < -0.39 is 22.0 Å². The number of carboxylic acid groups (broad SMARTS) is 1. The number of nitrogens with zero attached hydrogens (tertiary/aromatic N) is 2. The quantitative estimate of drug-likeness (QED) is 0.729. The number of aliphatic carboxylic acids is 1. The van der Waals surface area contributed by atoms with E-state index in [9.17, 15) is 13.2 Å². The first kappa shape index (κ1) is 14.9. The van der Waals surface area contributed by atoms with E-state index in [4.69, 9.17) is 16.7 Å². The Labute approximate surface area is 109 Å². The van der Waals surface area contributed by atoms with Crippen molar-refractivity contribution in [2.75, 3.05) is 13.7 Å². The van der Waals surface area contributed by atoms with Crippen molar-refractivity contribution in [1.29, 1.82) is 0 Å². The van der Waals surface area contributed by atoms with Gasteiger partial charge >= 0.3 is 5.97 Å². The molecule has 0 radical (unpaired) electrons. The van der Waals surface area contributed by atoms with Crippen LogP contribution >= 0.6 is 11.6 Å². The number of methoxy groups -OCH3 is 1. The Balaban J connectivity index is 3.05. The van der Waals surface area contributed by atoms with Gasteiger partial charge in [-0.1, -0.05) is 11.6 Å². The Morgan fingerprint density at radius 1 is 1.72 bits per heavy atom. The van der Waals surface area contributed by atoms with Crippen LogP contribution in [-0.2, 0) is 26.6 Å². The van der Waals surface area contributed by atoms with Gasteiger partial charge in [-0.05, 0) is 0 Å². The second-order valence-electron chi connectivity index (χ2n) is 3.39. The molecule has 1 aromatic rings. The summed E-state index contributed by atoms with van der Waals surface area (Å²) in [5.74, 6) is -1.35. The summed E-state index contributed by atoms with van der Waals surface area (Å²) in [6.07, 6.45) is 1.15. The van der Waals surface area contributed by atoms with Crippen molar-refractivity contribution in [3.8, 4) is 0 Å². The number of hydrogen-bond donors (Lipinski definition) is 2. The predicted molar refractivity (Wildman–Crippen MR) is 61.8 cm³/mol. The molecule has 102 valence electrons. The lowest BCUT2D eigenvalue weighted by Crippen LogP contribution is -2.44. The molecule has 10 heteroatoms. The number of aromatic nitrogens is 2. The second-order valence-corrected chi connectivity index (χ2v) is 5.43. The minimum absolute atomic E-state index is 0.0912. The number of nitrogens with one attached hydrogen (secondary N) is 1. The molecule has 0 aromatic carbocycles. The molecule has 0 aliphatic rings. The van der Waals surface area contributed by atoms with Crippen LogP contribution in [0.2, 0.25) is 5.02 Å². The number of ether oxygens (including phenoxy) is 1. The normalized spacial score (nSPS) is 13.5. The summed E-state index contributed by atoms with van der Waals surface area (Å²) < 4.78 is 31.5. The lowest BCUT2D eigenvalue weighted by molar-refractivity contribution is -0.140. The van der Waals surface area contributed by atoms with E-state index in [1.807, 2.05) is 4.72 Å². The Hall–Kier alpha value is -1.16. The van der Waals surface area contributed by atoms with Crippen LogP contribution < -0.4 is 4.72 Å². The largest absolute Gasteiger partial charge is 0.480 e. The van der Waals surface area contributed by atoms with Crippen LogP contribution in [0.3, 0.4) is 0 Å². The molecule has 1 rings (SSSR count). The number of hydrogen-bond acceptors (Lipinski definition) is 5. The average Bonchev–Trinajstić information content (AvgIpc) is 2.58. The Morgan fingerprint density at radius 2 is 2.33 bits per heavy atom. The number of rotatable bonds is 6. The van der Waals surface area contributed by atoms with Crippen LogP contribution in [0.15, 0.2) is 11.2 Å². The molecule has 2 N–H and O–H groups in total. The number of carboxylic acids is 1. The van der Waals surface area contributed by atoms with Crippen molar-refractivity contribution in [2.24, 2.45) is 7.05 Å². The molecule has 1 aromatic heterocycles. The average molecular weight is 298 g/mol. The second kappa shape index (κ2) is 5.65. The molecule has 1 unspecified atom stereocenters. The Kier molecular flexibility index (Phi) is 4.68. The minimum Gasteiger partial charge on any atom is -0.480 e. The van der Waals surface area contributed by atoms with Crippen LogP contribution in [0.4, 0.5) is 0 Å². The number of carbonyl (C=O) groups is 1. The molecule has 0 fully saturated rings. The molecular formula is C8H12ClN3O5S. The van der Waals surface area contributed by atoms with Crippen molar-refractivity contribution in [3.05, 3.63) is 11.2 Å². The molecule has 1 heterocycles. The fourth-order valence-corrected chi connectivity index (χ4v) is 3.10. The van der Waals surface area contributed by atoms with Gasteiger partial charge in [-0.2, -0.15) is 9.82 Å². The molecule has 0 aliphatic carbocycles. The van der Waals surface area contributed by atoms with E-state index in [1.54, 1.807) is 0 Å². The van der Waals surface area contributed by atoms with E-state index >= 15 is 0 Å². The summed E-state index contributed by atoms with van der Waals surface area (Å²) >= 11 is 5.69. The smallest absolute Gasteiger partial charge is 0.324 e. The van der Waals surface area contributed by atoms with Crippen molar-refractivity contribution in [3.63, 3.8) is 0 Å². The molecule has 0 aliphatic heterocycles. The number of halogens is 1. The van der Waals surface area contributed by atoms with Crippen molar-refractivity contribution in [2.45, 2.75) is 11.1 Å². The van der Waals surface area contributed by atoms with E-state index in [-0.39, 0.29) is 16.7 Å². The summed E-state index contributed by atoms with van der Waals surface area (Å²) in [6.45, 7) is -0.302. The molecule has 0 spiro atoms. The highest BCUT2D eigenvalue weighted by Gasteiger charge is 2.29. The highest BCUT2D eigenvalue weighted by molar-refractivity contribution is 7.89. The van der Waals surface area contributed by atoms with Crippen molar-refractivity contribution >= 4 is 27.6 Å². The molecule has 18 heavy (non-hydrogen) atoms. The standard InChI is InChI=1S/C8H12ClN3O5S/c1-12-7(5(9)3-10-12)18(15,16)11-6(4-17-2)8(13)14/h3,6,11H,4H2,1-2H3,(H,13,14). The predicted octanol–water partition coefficient (Wildman–Crippen LogP) is -0.549. The first-order valence-electron chi connectivity index (χ1n) is 4.71. The number of aryl methyl sites for hydroxylation is 1. The van der Waals surface area contributed by atoms with E-state index in [0.717, 1.165) is 10.9 Å². The summed E-state index contributed by atoms with van der Waals surface area (Å²) in [5, 5.41) is 12.1. The Morgan fingerprint density at radius 3 is 2.72 bits per heavy atom. The first-order valence-corrected chi connectivity index (χ1v) is 6.57. The topological polar surface area (TPSA) is 111 Å². The third kappa shape index (κ3) is 3.19. The van der Waals surface area contributed by atoms with E-state index in [1.165, 1.54) is 14.2 Å². The SMILES string of the molecule is COCC(NS(=O)(=O)c1c(Cl)cnn1C)C(=O)O. The maximum Gasteiger partial charge on any atom is 0.324 e. The van der Waals surface area contributed by atoms with Gasteiger partial charge in [-0.3, -0.25) is 9.48 Å². The summed E-state index contributed by atoms with van der Waals surface area (Å²) in [5.41, 5.74) is 0. The number of sulfonamides is 1. The molecule has 0 amide bonds. The van der Waals surface area contributed by atoms with Crippen LogP contribution in [0.25, 0.3) is 0 Å². The van der Waals surface area contributed by atoms with Gasteiger partial charge in [-0.25, -0.2) is 8.42 Å². The van der Waals surface area contributed by atoms with Gasteiger partial charge in [0.15, 0.2) is 5.03 Å². The summed E-state index contributed by atoms with van der Waals surface area (Å²) in [6, 6.07) is -1.40. The fraction of sp³-hybridized carbons (Fsp3) is 0.500. The van der Waals surface area contributed by atoms with E-state index in [0.29, 0.717) is 0 Å². The maximum atomic E-state index is 11.9. The lowest BCUT2D eigenvalue weighted by Gasteiger charge is -2.14. The van der Waals surface area contributed by atoms with Gasteiger partial charge in [-0.15, -0.1) is 0 Å². The fourth-order valence-electron chi connectivity index (χ4n) is 1.27. The van der Waals surface area contributed by atoms with E-state index in [2.05, 4.69) is 9.84 Å². The summed E-state index contributed by atoms with van der Waals surface area (Å²) in [7, 11) is -1.44. The van der Waals surface area contributed by atoms with Gasteiger partial charge in [0.25, 0.3) is 10.0 Å². The monoisotopic (exact) mass is 297 g/mol. The third-order valence-electron chi connectivity index (χ3n) is 2.03. The molecule has 0 saturated heterocycles. The zero-order valence-corrected chi connectivity index (χ0v) is 11.2. The Bertz CT molecular complexity index is 521. The lowest BCUT2D eigenvalue weighted by atomic mass is 10.3.